The van der Waals surface area contributed by atoms with Crippen LogP contribution in [-0.4, -0.2) is 131 Å². The van der Waals surface area contributed by atoms with Gasteiger partial charge in [-0.15, -0.1) is 10.2 Å². The van der Waals surface area contributed by atoms with Gasteiger partial charge >= 0.3 is 0 Å². The van der Waals surface area contributed by atoms with E-state index in [2.05, 4.69) is 42.4 Å². The Morgan fingerprint density at radius 2 is 0.746 bits per heavy atom. The fourth-order valence-electron chi connectivity index (χ4n) is 6.71. The minimum absolute atomic E-state index is 0.260. The third-order valence-corrected chi connectivity index (χ3v) is 13.8. The summed E-state index contributed by atoms with van der Waals surface area (Å²) in [6, 6.07) is -2.55. The van der Waals surface area contributed by atoms with Gasteiger partial charge in [-0.2, -0.15) is 0 Å². The molecule has 1 unspecified atom stereocenters. The molecule has 6 amide bonds. The molecule has 5 rings (SSSR count). The minimum Gasteiger partial charge on any atom is -0.421 e. The molecule has 4 saturated heterocycles. The van der Waals surface area contributed by atoms with Gasteiger partial charge in [0.15, 0.2) is 0 Å². The lowest BCUT2D eigenvalue weighted by Gasteiger charge is -2.41. The molecule has 0 bridgehead atoms. The van der Waals surface area contributed by atoms with Crippen LogP contribution in [0.3, 0.4) is 0 Å². The highest BCUT2D eigenvalue weighted by Gasteiger charge is 2.48. The van der Waals surface area contributed by atoms with Crippen LogP contribution in [-0.2, 0) is 57.2 Å². The largest absolute Gasteiger partial charge is 0.421 e. The Morgan fingerprint density at radius 1 is 0.507 bits per heavy atom. The number of halogens is 2. The molecule has 5 heterocycles. The molecule has 4 aliphatic heterocycles. The molecular weight excluding hydrogens is 936 g/mol. The maximum atomic E-state index is 12.7. The molecule has 2 N–H and O–H groups in total. The van der Waals surface area contributed by atoms with Gasteiger partial charge < -0.3 is 24.0 Å². The van der Waals surface area contributed by atoms with Gasteiger partial charge in [0.2, 0.25) is 44.1 Å². The van der Waals surface area contributed by atoms with Crippen LogP contribution in [0.25, 0.3) is 0 Å². The summed E-state index contributed by atoms with van der Waals surface area (Å²) in [4.78, 5) is 130. The van der Waals surface area contributed by atoms with Crippen LogP contribution in [0.2, 0.25) is 0 Å². The van der Waals surface area contributed by atoms with E-state index in [1.165, 1.54) is 19.6 Å². The van der Waals surface area contributed by atoms with E-state index in [-0.39, 0.29) is 24.9 Å². The Bertz CT molecular complexity index is 2000. The van der Waals surface area contributed by atoms with Crippen molar-refractivity contribution in [2.45, 2.75) is 159 Å². The van der Waals surface area contributed by atoms with Crippen molar-refractivity contribution in [1.82, 2.24) is 40.6 Å². The molecule has 0 radical (unpaired) electrons. The molecule has 4 fully saturated rings. The molecule has 4 atom stereocenters. The lowest BCUT2D eigenvalue weighted by atomic mass is 9.83. The number of aromatic nitrogens is 2. The summed E-state index contributed by atoms with van der Waals surface area (Å²) in [6.07, 6.45) is 4.14. The number of nitrogens with one attached hydrogen (secondary N) is 2. The Kier molecular flexibility index (Phi) is 19.2. The molecule has 67 heavy (non-hydrogen) atoms. The number of hydrogen-bond acceptors (Lipinski definition) is 14. The maximum Gasteiger partial charge on any atom is 0.291 e. The molecule has 0 aromatic carbocycles. The smallest absolute Gasteiger partial charge is 0.291 e. The molecule has 0 saturated carbocycles. The third kappa shape index (κ3) is 12.9. The summed E-state index contributed by atoms with van der Waals surface area (Å²) < 4.78 is 14.9. The van der Waals surface area contributed by atoms with Crippen LogP contribution in [0.15, 0.2) is 4.42 Å². The Balaban J connectivity index is 0.000000329. The quantitative estimate of drug-likeness (QED) is 0.135. The summed E-state index contributed by atoms with van der Waals surface area (Å²) in [6.45, 7) is 22.6. The van der Waals surface area contributed by atoms with Crippen molar-refractivity contribution in [3.05, 3.63) is 11.8 Å². The summed E-state index contributed by atoms with van der Waals surface area (Å²) in [5.41, 5.74) is 1.48. The topological polar surface area (TPSA) is 264 Å². The summed E-state index contributed by atoms with van der Waals surface area (Å²) >= 11 is 0. The van der Waals surface area contributed by atoms with Gasteiger partial charge in [0.1, 0.15) is 24.2 Å². The first-order valence-corrected chi connectivity index (χ1v) is 25.3. The summed E-state index contributed by atoms with van der Waals surface area (Å²) in [5.74, 6) is -5.13. The van der Waals surface area contributed by atoms with Gasteiger partial charge in [-0.05, 0) is 51.4 Å². The van der Waals surface area contributed by atoms with Crippen molar-refractivity contribution >= 4 is 89.2 Å². The number of rotatable bonds is 16. The molecule has 0 aliphatic carbocycles. The third-order valence-electron chi connectivity index (χ3n) is 13.8. The van der Waals surface area contributed by atoms with Gasteiger partial charge in [-0.3, -0.25) is 58.8 Å². The Hall–Kier alpha value is -4.63. The zero-order valence-electron chi connectivity index (χ0n) is 40.5. The highest BCUT2D eigenvalue weighted by Crippen LogP contribution is 2.39. The molecular formula is C44H66Cl2N8O12S. The normalized spacial score (nSPS) is 20.2. The van der Waals surface area contributed by atoms with E-state index in [0.29, 0.717) is 64.5 Å². The number of nitrogens with zero attached hydrogens (tertiary/aromatic N) is 6. The maximum absolute atomic E-state index is 12.7. The first-order chi connectivity index (χ1) is 31.0. The van der Waals surface area contributed by atoms with Gasteiger partial charge in [0.25, 0.3) is 35.4 Å². The second kappa shape index (κ2) is 22.7. The van der Waals surface area contributed by atoms with E-state index in [4.69, 9.17) is 8.63 Å². The lowest BCUT2D eigenvalue weighted by molar-refractivity contribution is -0.159. The fourth-order valence-corrected chi connectivity index (χ4v) is 6.71. The van der Waals surface area contributed by atoms with Gasteiger partial charge in [0, 0.05) is 69.2 Å². The number of Topliss-reactive ketones (excluding diaryl/α,β-unsaturated/α-hetero) is 4. The van der Waals surface area contributed by atoms with E-state index >= 15 is 0 Å². The molecule has 1 aromatic heterocycles. The number of hydrogen-bond donors (Lipinski definition) is 2. The van der Waals surface area contributed by atoms with E-state index in [0.717, 1.165) is 0 Å². The standard InChI is InChI=1S/C22H34N4O6.C22H32N4O5.Cl2OS/c1-7-21(3,4)15(27)19(31)25-11-9-13(25)17(29)23-24-18(30)14-10-12-26(14)20(32)16(28)22(5,6)8-2;1-7-21(3,4)15(27)19(29)25-11-9-13(25)17-23-24-18(31-17)14-10-12-26(14)20(30)16(28)22(5,6)8-2;1-4(2)3/h13-14H,7-12H2,1-6H3,(H,23,29)(H,24,30);13-14H,7-12H2,1-6H3;/t13-,14-;13-,14?;/m00./s1. The van der Waals surface area contributed by atoms with Crippen molar-refractivity contribution in [3.8, 4) is 0 Å². The van der Waals surface area contributed by atoms with Crippen LogP contribution in [0, 0.1) is 21.7 Å². The molecule has 23 heteroatoms. The van der Waals surface area contributed by atoms with Crippen molar-refractivity contribution in [2.75, 3.05) is 26.2 Å². The first-order valence-electron chi connectivity index (χ1n) is 22.5. The summed E-state index contributed by atoms with van der Waals surface area (Å²) in [5, 5.41) is 8.15. The highest BCUT2D eigenvalue weighted by molar-refractivity contribution is 8.26. The molecule has 0 spiro atoms. The molecule has 4 aliphatic rings. The van der Waals surface area contributed by atoms with Gasteiger partial charge in [0.05, 0.1) is 0 Å². The van der Waals surface area contributed by atoms with Crippen LogP contribution in [0.4, 0.5) is 0 Å². The van der Waals surface area contributed by atoms with Crippen molar-refractivity contribution in [1.29, 1.82) is 0 Å². The van der Waals surface area contributed by atoms with Crippen molar-refractivity contribution < 1.29 is 56.6 Å². The van der Waals surface area contributed by atoms with Crippen LogP contribution in [0.1, 0.15) is 158 Å². The first kappa shape index (κ1) is 56.7. The highest BCUT2D eigenvalue weighted by atomic mass is 36.0. The number of amides is 6. The van der Waals surface area contributed by atoms with Crippen LogP contribution < -0.4 is 10.9 Å². The minimum atomic E-state index is -1.67. The van der Waals surface area contributed by atoms with E-state index in [1.54, 1.807) is 55.4 Å². The van der Waals surface area contributed by atoms with E-state index in [9.17, 15) is 47.9 Å². The van der Waals surface area contributed by atoms with Gasteiger partial charge in [-0.1, -0.05) is 83.1 Å². The van der Waals surface area contributed by atoms with Crippen molar-refractivity contribution in [3.63, 3.8) is 0 Å². The zero-order valence-corrected chi connectivity index (χ0v) is 42.9. The van der Waals surface area contributed by atoms with Crippen molar-refractivity contribution in [2.24, 2.45) is 21.7 Å². The predicted molar refractivity (Wildman–Crippen MR) is 245 cm³/mol. The predicted octanol–water partition coefficient (Wildman–Crippen LogP) is 4.02. The second-order valence-electron chi connectivity index (χ2n) is 19.6. The SMILES string of the molecule is CCC(C)(C)C(=O)C(=O)N1CCC1c1nnc([C@@H]2CCN2C(=O)C(=O)C(C)(C)CC)o1.CCC(C)(C)C(=O)C(=O)N1CC[C@H]1C(=O)NNC(=O)[C@@H]1CCN1C(=O)C(=O)C(C)(C)CC.O=S(Cl)Cl. The fraction of sp³-hybridized carbons (Fsp3) is 0.727. The number of hydrazine groups is 1. The number of ketones is 4. The monoisotopic (exact) mass is 1000 g/mol. The Labute approximate surface area is 403 Å². The number of carbonyl (C=O) groups excluding carboxylic acids is 10. The second-order valence-corrected chi connectivity index (χ2v) is 22.1. The zero-order chi connectivity index (χ0) is 51.1. The van der Waals surface area contributed by atoms with Crippen LogP contribution >= 0.6 is 21.4 Å². The molecule has 1 aromatic rings. The molecule has 374 valence electrons. The lowest BCUT2D eigenvalue weighted by Crippen LogP contribution is -2.65. The average molecular weight is 1000 g/mol. The van der Waals surface area contributed by atoms with E-state index in [1.807, 2.05) is 27.7 Å². The summed E-state index contributed by atoms with van der Waals surface area (Å²) in [7, 11) is 7.36. The Morgan fingerprint density at radius 3 is 0.940 bits per heavy atom. The number of carbonyl (C=O) groups is 10. The molecule has 20 nitrogen and oxygen atoms in total. The average Bonchev–Trinajstić information content (AvgIpc) is 3.67. The number of likely N-dealkylation sites (tertiary alicyclic amines) is 4. The van der Waals surface area contributed by atoms with E-state index < -0.39 is 114 Å². The van der Waals surface area contributed by atoms with Crippen LogP contribution in [0.5, 0.6) is 0 Å². The van der Waals surface area contributed by atoms with Gasteiger partial charge in [-0.25, -0.2) is 4.21 Å².